The second-order valence-corrected chi connectivity index (χ2v) is 3.82. The Balaban J connectivity index is 2.85. The molecule has 4 heteroatoms. The summed E-state index contributed by atoms with van der Waals surface area (Å²) in [5.74, 6) is -1.02. The first kappa shape index (κ1) is 9.93. The third-order valence-corrected chi connectivity index (χ3v) is 2.82. The van der Waals surface area contributed by atoms with Crippen molar-refractivity contribution in [3.63, 3.8) is 0 Å². The number of hydrogen-bond donors (Lipinski definition) is 1. The van der Waals surface area contributed by atoms with Crippen molar-refractivity contribution < 1.29 is 14.7 Å². The Morgan fingerprint density at radius 2 is 2.08 bits per heavy atom. The average Bonchev–Trinajstić information content (AvgIpc) is 2.48. The predicted molar refractivity (Wildman–Crippen MR) is 46.1 cm³/mol. The van der Waals surface area contributed by atoms with Crippen LogP contribution in [0.1, 0.15) is 32.6 Å². The molecule has 1 fully saturated rings. The molecule has 4 nitrogen and oxygen atoms in total. The Labute approximate surface area is 76.7 Å². The highest BCUT2D eigenvalue weighted by molar-refractivity contribution is 5.76. The van der Waals surface area contributed by atoms with Crippen LogP contribution in [0.2, 0.25) is 0 Å². The first-order valence-electron chi connectivity index (χ1n) is 4.40. The lowest BCUT2D eigenvalue weighted by molar-refractivity contribution is -0.141. The fourth-order valence-electron chi connectivity index (χ4n) is 2.02. The van der Waals surface area contributed by atoms with E-state index in [0.29, 0.717) is 0 Å². The van der Waals surface area contributed by atoms with Crippen LogP contribution in [0.5, 0.6) is 0 Å². The standard InChI is InChI=1S/C9H13NO3/c1-9(4-2-3-5-9)7(8(12)13)10-6-11/h7H,2-5H2,1H3,(H,12,13)/t7-/m1/s1. The summed E-state index contributed by atoms with van der Waals surface area (Å²) >= 11 is 0. The number of aliphatic imine (C=N–C) groups is 1. The van der Waals surface area contributed by atoms with Gasteiger partial charge in [-0.1, -0.05) is 19.8 Å². The minimum atomic E-state index is -1.02. The van der Waals surface area contributed by atoms with Gasteiger partial charge in [0.15, 0.2) is 6.04 Å². The number of aliphatic carboxylic acids is 1. The van der Waals surface area contributed by atoms with Gasteiger partial charge in [-0.15, -0.1) is 0 Å². The first-order valence-corrected chi connectivity index (χ1v) is 4.40. The molecule has 1 N–H and O–H groups in total. The molecule has 1 saturated carbocycles. The molecule has 0 aromatic rings. The highest BCUT2D eigenvalue weighted by atomic mass is 16.4. The lowest BCUT2D eigenvalue weighted by Crippen LogP contribution is -2.35. The van der Waals surface area contributed by atoms with Crippen LogP contribution in [-0.4, -0.2) is 23.2 Å². The van der Waals surface area contributed by atoms with Crippen LogP contribution in [0.4, 0.5) is 0 Å². The summed E-state index contributed by atoms with van der Waals surface area (Å²) in [6, 6.07) is -0.910. The van der Waals surface area contributed by atoms with Crippen molar-refractivity contribution >= 4 is 12.0 Å². The number of carbonyl (C=O) groups excluding carboxylic acids is 1. The van der Waals surface area contributed by atoms with Gasteiger partial charge in [0.1, 0.15) is 0 Å². The largest absolute Gasteiger partial charge is 0.480 e. The van der Waals surface area contributed by atoms with Crippen LogP contribution in [0.25, 0.3) is 0 Å². The molecular weight excluding hydrogens is 170 g/mol. The molecule has 0 amide bonds. The van der Waals surface area contributed by atoms with Crippen LogP contribution >= 0.6 is 0 Å². The molecule has 0 heterocycles. The maximum absolute atomic E-state index is 10.8. The van der Waals surface area contributed by atoms with Crippen LogP contribution in [0.15, 0.2) is 4.99 Å². The van der Waals surface area contributed by atoms with E-state index in [1.165, 1.54) is 6.08 Å². The summed E-state index contributed by atoms with van der Waals surface area (Å²) < 4.78 is 0. The topological polar surface area (TPSA) is 66.7 Å². The van der Waals surface area contributed by atoms with Gasteiger partial charge in [0.25, 0.3) is 0 Å². The summed E-state index contributed by atoms with van der Waals surface area (Å²) in [7, 11) is 0. The highest BCUT2D eigenvalue weighted by Gasteiger charge is 2.41. The lowest BCUT2D eigenvalue weighted by Gasteiger charge is -2.26. The zero-order valence-electron chi connectivity index (χ0n) is 7.62. The van der Waals surface area contributed by atoms with Gasteiger partial charge in [-0.25, -0.2) is 9.59 Å². The van der Waals surface area contributed by atoms with E-state index < -0.39 is 12.0 Å². The van der Waals surface area contributed by atoms with Gasteiger partial charge in [-0.05, 0) is 12.8 Å². The Bertz CT molecular complexity index is 248. The molecule has 1 atom stereocenters. The molecule has 0 radical (unpaired) electrons. The summed E-state index contributed by atoms with van der Waals surface area (Å²) in [6.07, 6.45) is 5.05. The monoisotopic (exact) mass is 183 g/mol. The summed E-state index contributed by atoms with van der Waals surface area (Å²) in [5, 5.41) is 8.86. The summed E-state index contributed by atoms with van der Waals surface area (Å²) in [5.41, 5.74) is -0.344. The van der Waals surface area contributed by atoms with Gasteiger partial charge in [0.05, 0.1) is 0 Å². The minimum Gasteiger partial charge on any atom is -0.480 e. The van der Waals surface area contributed by atoms with E-state index in [-0.39, 0.29) is 5.41 Å². The third kappa shape index (κ3) is 1.95. The fraction of sp³-hybridized carbons (Fsp3) is 0.778. The molecule has 72 valence electrons. The van der Waals surface area contributed by atoms with Gasteiger partial charge < -0.3 is 5.11 Å². The van der Waals surface area contributed by atoms with E-state index in [2.05, 4.69) is 4.99 Å². The molecule has 0 unspecified atom stereocenters. The number of hydrogen-bond acceptors (Lipinski definition) is 3. The molecule has 1 rings (SSSR count). The number of isocyanates is 1. The molecule has 0 spiro atoms. The number of carboxylic acids is 1. The van der Waals surface area contributed by atoms with Crippen LogP contribution in [-0.2, 0) is 9.59 Å². The number of nitrogens with zero attached hydrogens (tertiary/aromatic N) is 1. The molecule has 0 aromatic carbocycles. The zero-order valence-corrected chi connectivity index (χ0v) is 7.62. The minimum absolute atomic E-state index is 0.344. The first-order chi connectivity index (χ1) is 6.10. The second-order valence-electron chi connectivity index (χ2n) is 3.82. The van der Waals surface area contributed by atoms with Crippen LogP contribution in [0.3, 0.4) is 0 Å². The lowest BCUT2D eigenvalue weighted by atomic mass is 9.81. The van der Waals surface area contributed by atoms with Crippen molar-refractivity contribution in [2.45, 2.75) is 38.6 Å². The van der Waals surface area contributed by atoms with Crippen LogP contribution in [0, 0.1) is 5.41 Å². The quantitative estimate of drug-likeness (QED) is 0.530. The maximum atomic E-state index is 10.8. The summed E-state index contributed by atoms with van der Waals surface area (Å²) in [4.78, 5) is 24.2. The van der Waals surface area contributed by atoms with Crippen molar-refractivity contribution in [2.75, 3.05) is 0 Å². The second kappa shape index (κ2) is 3.71. The molecule has 0 aromatic heterocycles. The molecular formula is C9H13NO3. The van der Waals surface area contributed by atoms with Gasteiger partial charge in [0.2, 0.25) is 6.08 Å². The SMILES string of the molecule is CC1([C@H](N=C=O)C(=O)O)CCCC1. The number of carbonyl (C=O) groups is 1. The highest BCUT2D eigenvalue weighted by Crippen LogP contribution is 2.41. The smallest absolute Gasteiger partial charge is 0.329 e. The van der Waals surface area contributed by atoms with Gasteiger partial charge in [-0.2, -0.15) is 4.99 Å². The van der Waals surface area contributed by atoms with Crippen molar-refractivity contribution in [1.82, 2.24) is 0 Å². The zero-order chi connectivity index (χ0) is 9.90. The maximum Gasteiger partial charge on any atom is 0.329 e. The Morgan fingerprint density at radius 1 is 1.54 bits per heavy atom. The number of carboxylic acid groups (broad SMARTS) is 1. The van der Waals surface area contributed by atoms with Crippen LogP contribution < -0.4 is 0 Å². The Morgan fingerprint density at radius 3 is 2.46 bits per heavy atom. The predicted octanol–water partition coefficient (Wildman–Crippen LogP) is 1.36. The Kier molecular flexibility index (Phi) is 2.83. The summed E-state index contributed by atoms with van der Waals surface area (Å²) in [6.45, 7) is 1.87. The molecule has 0 bridgehead atoms. The van der Waals surface area contributed by atoms with E-state index in [1.54, 1.807) is 0 Å². The molecule has 0 saturated heterocycles. The Hall–Kier alpha value is -1.15. The van der Waals surface area contributed by atoms with Crippen molar-refractivity contribution in [1.29, 1.82) is 0 Å². The van der Waals surface area contributed by atoms with Gasteiger partial charge >= 0.3 is 5.97 Å². The van der Waals surface area contributed by atoms with Crippen molar-refractivity contribution in [2.24, 2.45) is 10.4 Å². The van der Waals surface area contributed by atoms with Gasteiger partial charge in [-0.3, -0.25) is 0 Å². The third-order valence-electron chi connectivity index (χ3n) is 2.82. The van der Waals surface area contributed by atoms with Gasteiger partial charge in [0, 0.05) is 5.41 Å². The fourth-order valence-corrected chi connectivity index (χ4v) is 2.02. The van der Waals surface area contributed by atoms with Crippen molar-refractivity contribution in [3.05, 3.63) is 0 Å². The van der Waals surface area contributed by atoms with Crippen molar-refractivity contribution in [3.8, 4) is 0 Å². The normalized spacial score (nSPS) is 21.9. The number of rotatable bonds is 3. The average molecular weight is 183 g/mol. The molecule has 0 aliphatic heterocycles. The van der Waals surface area contributed by atoms with E-state index in [9.17, 15) is 9.59 Å². The van der Waals surface area contributed by atoms with E-state index in [1.807, 2.05) is 6.92 Å². The molecule has 13 heavy (non-hydrogen) atoms. The van der Waals surface area contributed by atoms with E-state index >= 15 is 0 Å². The molecule has 1 aliphatic carbocycles. The van der Waals surface area contributed by atoms with E-state index in [0.717, 1.165) is 25.7 Å². The molecule has 1 aliphatic rings. The van der Waals surface area contributed by atoms with E-state index in [4.69, 9.17) is 5.11 Å².